The highest BCUT2D eigenvalue weighted by atomic mass is 16.6. The minimum absolute atomic E-state index is 0.00526. The van der Waals surface area contributed by atoms with Crippen LogP contribution in [0.25, 0.3) is 0 Å². The fraction of sp³-hybridized carbons (Fsp3) is 0.562. The summed E-state index contributed by atoms with van der Waals surface area (Å²) in [6.07, 6.45) is 2.09. The minimum atomic E-state index is -0.450. The van der Waals surface area contributed by atoms with Crippen molar-refractivity contribution < 1.29 is 14.5 Å². The van der Waals surface area contributed by atoms with Gasteiger partial charge < -0.3 is 14.5 Å². The van der Waals surface area contributed by atoms with E-state index in [1.807, 2.05) is 23.6 Å². The van der Waals surface area contributed by atoms with Crippen molar-refractivity contribution in [3.8, 4) is 5.75 Å². The number of nitrogens with zero attached hydrogens (tertiary/aromatic N) is 3. The molecular weight excluding hydrogens is 298 g/mol. The molecule has 2 aliphatic rings. The van der Waals surface area contributed by atoms with Crippen molar-refractivity contribution in [2.24, 2.45) is 0 Å². The molecule has 1 aromatic rings. The van der Waals surface area contributed by atoms with E-state index in [1.54, 1.807) is 6.07 Å². The van der Waals surface area contributed by atoms with Gasteiger partial charge in [-0.25, -0.2) is 0 Å². The van der Waals surface area contributed by atoms with Crippen LogP contribution in [0.4, 0.5) is 11.4 Å². The second kappa shape index (κ2) is 5.72. The van der Waals surface area contributed by atoms with Crippen LogP contribution in [0.5, 0.6) is 5.75 Å². The Bertz CT molecular complexity index is 638. The molecule has 2 aliphatic heterocycles. The molecular formula is C16H21N3O4. The summed E-state index contributed by atoms with van der Waals surface area (Å²) in [7, 11) is 0. The maximum atomic E-state index is 12.5. The summed E-state index contributed by atoms with van der Waals surface area (Å²) < 4.78 is 5.90. The van der Waals surface area contributed by atoms with Crippen molar-refractivity contribution in [1.29, 1.82) is 0 Å². The van der Waals surface area contributed by atoms with Crippen LogP contribution in [0.15, 0.2) is 18.2 Å². The summed E-state index contributed by atoms with van der Waals surface area (Å²) in [6.45, 7) is 6.24. The Balaban J connectivity index is 1.88. The molecule has 1 fully saturated rings. The van der Waals surface area contributed by atoms with E-state index in [0.29, 0.717) is 18.0 Å². The Morgan fingerprint density at radius 2 is 2.04 bits per heavy atom. The molecule has 0 unspecified atom stereocenters. The van der Waals surface area contributed by atoms with Gasteiger partial charge >= 0.3 is 0 Å². The Labute approximate surface area is 135 Å². The lowest BCUT2D eigenvalue weighted by atomic mass is 10.0. The maximum absolute atomic E-state index is 12.5. The van der Waals surface area contributed by atoms with Gasteiger partial charge in [0.05, 0.1) is 23.7 Å². The Morgan fingerprint density at radius 3 is 2.70 bits per heavy atom. The highest BCUT2D eigenvalue weighted by Crippen LogP contribution is 2.39. The molecule has 0 bridgehead atoms. The van der Waals surface area contributed by atoms with E-state index in [-0.39, 0.29) is 18.1 Å². The summed E-state index contributed by atoms with van der Waals surface area (Å²) in [6, 6.07) is 4.53. The second-order valence-electron chi connectivity index (χ2n) is 6.71. The highest BCUT2D eigenvalue weighted by Gasteiger charge is 2.34. The lowest BCUT2D eigenvalue weighted by Gasteiger charge is -2.40. The van der Waals surface area contributed by atoms with E-state index in [2.05, 4.69) is 0 Å². The fourth-order valence-electron chi connectivity index (χ4n) is 3.20. The first-order valence-corrected chi connectivity index (χ1v) is 7.86. The van der Waals surface area contributed by atoms with Crippen LogP contribution in [0.3, 0.4) is 0 Å². The van der Waals surface area contributed by atoms with Gasteiger partial charge in [-0.1, -0.05) is 0 Å². The molecule has 1 amide bonds. The van der Waals surface area contributed by atoms with E-state index in [9.17, 15) is 14.9 Å². The van der Waals surface area contributed by atoms with Gasteiger partial charge in [-0.3, -0.25) is 14.9 Å². The first kappa shape index (κ1) is 15.6. The molecule has 0 spiro atoms. The van der Waals surface area contributed by atoms with Crippen LogP contribution in [0.2, 0.25) is 0 Å². The number of hydrogen-bond donors (Lipinski definition) is 0. The number of amides is 1. The molecule has 124 valence electrons. The molecule has 1 aromatic carbocycles. The Kier molecular flexibility index (Phi) is 3.87. The maximum Gasteiger partial charge on any atom is 0.271 e. The average Bonchev–Trinajstić information content (AvgIpc) is 2.99. The Morgan fingerprint density at radius 1 is 1.35 bits per heavy atom. The predicted molar refractivity (Wildman–Crippen MR) is 85.8 cm³/mol. The fourth-order valence-corrected chi connectivity index (χ4v) is 3.20. The highest BCUT2D eigenvalue weighted by molar-refractivity contribution is 5.83. The van der Waals surface area contributed by atoms with Gasteiger partial charge in [0, 0.05) is 25.2 Å². The zero-order chi connectivity index (χ0) is 16.6. The summed E-state index contributed by atoms with van der Waals surface area (Å²) in [5.74, 6) is 0.652. The van der Waals surface area contributed by atoms with Crippen LogP contribution in [0, 0.1) is 10.1 Å². The minimum Gasteiger partial charge on any atom is -0.484 e. The number of hydrogen-bond acceptors (Lipinski definition) is 5. The van der Waals surface area contributed by atoms with Gasteiger partial charge in [0.25, 0.3) is 5.69 Å². The number of non-ortho nitro benzene ring substituents is 1. The van der Waals surface area contributed by atoms with E-state index in [0.717, 1.165) is 25.9 Å². The van der Waals surface area contributed by atoms with Gasteiger partial charge in [-0.2, -0.15) is 0 Å². The van der Waals surface area contributed by atoms with Crippen LogP contribution in [-0.2, 0) is 4.79 Å². The molecule has 0 radical (unpaired) electrons. The predicted octanol–water partition coefficient (Wildman–Crippen LogP) is 2.19. The largest absolute Gasteiger partial charge is 0.484 e. The third-order valence-corrected chi connectivity index (χ3v) is 4.24. The molecule has 0 aliphatic carbocycles. The third-order valence-electron chi connectivity index (χ3n) is 4.24. The average molecular weight is 319 g/mol. The zero-order valence-corrected chi connectivity index (χ0v) is 13.4. The van der Waals surface area contributed by atoms with E-state index in [1.165, 1.54) is 12.1 Å². The number of carbonyl (C=O) groups excluding carboxylic acids is 1. The quantitative estimate of drug-likeness (QED) is 0.630. The second-order valence-corrected chi connectivity index (χ2v) is 6.71. The lowest BCUT2D eigenvalue weighted by Crippen LogP contribution is -2.50. The molecule has 23 heavy (non-hydrogen) atoms. The zero-order valence-electron chi connectivity index (χ0n) is 13.4. The first-order valence-electron chi connectivity index (χ1n) is 7.86. The van der Waals surface area contributed by atoms with Crippen molar-refractivity contribution >= 4 is 17.3 Å². The van der Waals surface area contributed by atoms with Gasteiger partial charge in [-0.05, 0) is 32.8 Å². The molecule has 0 aromatic heterocycles. The molecule has 1 saturated heterocycles. The Hall–Kier alpha value is -2.31. The number of carbonyl (C=O) groups is 1. The number of nitro groups is 1. The summed E-state index contributed by atoms with van der Waals surface area (Å²) in [5, 5.41) is 11.0. The topological polar surface area (TPSA) is 75.9 Å². The summed E-state index contributed by atoms with van der Waals surface area (Å²) in [4.78, 5) is 26.8. The number of fused-ring (bicyclic) bond motifs is 1. The van der Waals surface area contributed by atoms with Crippen molar-refractivity contribution in [3.63, 3.8) is 0 Å². The normalized spacial score (nSPS) is 19.2. The van der Waals surface area contributed by atoms with Crippen LogP contribution in [0.1, 0.15) is 26.7 Å². The third kappa shape index (κ3) is 3.23. The van der Waals surface area contributed by atoms with Gasteiger partial charge in [0.1, 0.15) is 11.4 Å². The van der Waals surface area contributed by atoms with Crippen LogP contribution < -0.4 is 9.64 Å². The van der Waals surface area contributed by atoms with E-state index in [4.69, 9.17) is 4.74 Å². The van der Waals surface area contributed by atoms with Crippen LogP contribution >= 0.6 is 0 Å². The molecule has 7 nitrogen and oxygen atoms in total. The molecule has 0 saturated carbocycles. The number of rotatable bonds is 3. The monoisotopic (exact) mass is 319 g/mol. The first-order chi connectivity index (χ1) is 10.9. The number of benzene rings is 1. The summed E-state index contributed by atoms with van der Waals surface area (Å²) in [5.41, 5.74) is 0.172. The van der Waals surface area contributed by atoms with Gasteiger partial charge in [-0.15, -0.1) is 0 Å². The molecule has 7 heteroatoms. The number of ether oxygens (including phenoxy) is 1. The van der Waals surface area contributed by atoms with Crippen molar-refractivity contribution in [3.05, 3.63) is 28.3 Å². The van der Waals surface area contributed by atoms with Crippen molar-refractivity contribution in [2.75, 3.05) is 31.1 Å². The van der Waals surface area contributed by atoms with E-state index >= 15 is 0 Å². The smallest absolute Gasteiger partial charge is 0.271 e. The number of anilines is 1. The lowest BCUT2D eigenvalue weighted by molar-refractivity contribution is -0.384. The van der Waals surface area contributed by atoms with Crippen molar-refractivity contribution in [2.45, 2.75) is 32.3 Å². The van der Waals surface area contributed by atoms with Crippen molar-refractivity contribution in [1.82, 2.24) is 4.90 Å². The molecule has 0 N–H and O–H groups in total. The molecule has 3 rings (SSSR count). The molecule has 2 heterocycles. The number of nitro benzene ring substituents is 1. The van der Waals surface area contributed by atoms with Gasteiger partial charge in [0.15, 0.2) is 0 Å². The summed E-state index contributed by atoms with van der Waals surface area (Å²) >= 11 is 0. The van der Waals surface area contributed by atoms with Crippen LogP contribution in [-0.4, -0.2) is 47.5 Å². The molecule has 0 atom stereocenters. The SMILES string of the molecule is CC1(C)CN(CC(=O)N2CCCC2)c2cc([N+](=O)[O-])ccc2O1. The standard InChI is InChI=1S/C16H21N3O4/c1-16(2)11-18(10-15(20)17-7-3-4-8-17)13-9-12(19(21)22)5-6-14(13)23-16/h5-6,9H,3-4,7-8,10-11H2,1-2H3. The van der Waals surface area contributed by atoms with E-state index < -0.39 is 10.5 Å². The van der Waals surface area contributed by atoms with Gasteiger partial charge in [0.2, 0.25) is 5.91 Å². The number of likely N-dealkylation sites (tertiary alicyclic amines) is 1.